The van der Waals surface area contributed by atoms with Crippen LogP contribution >= 0.6 is 35.0 Å². The van der Waals surface area contributed by atoms with Crippen molar-refractivity contribution in [3.8, 4) is 0 Å². The molecule has 0 saturated heterocycles. The monoisotopic (exact) mass is 399 g/mol. The molecule has 1 aromatic carbocycles. The minimum absolute atomic E-state index is 0.128. The summed E-state index contributed by atoms with van der Waals surface area (Å²) < 4.78 is 5.06. The highest BCUT2D eigenvalue weighted by Gasteiger charge is 2.26. The first-order valence-corrected chi connectivity index (χ1v) is 9.42. The zero-order chi connectivity index (χ0) is 18.7. The van der Waals surface area contributed by atoms with E-state index in [1.165, 1.54) is 11.8 Å². The molecule has 0 spiro atoms. The Kier molecular flexibility index (Phi) is 6.60. The third-order valence-electron chi connectivity index (χ3n) is 3.75. The molecule has 2 aromatic rings. The number of hydrogen-bond donors (Lipinski definition) is 1. The largest absolute Gasteiger partial charge is 0.462 e. The number of carbonyl (C=O) groups excluding carboxylic acids is 2. The smallest absolute Gasteiger partial charge is 0.340 e. The number of aromatic amines is 1. The lowest BCUT2D eigenvalue weighted by Crippen LogP contribution is -2.15. The second kappa shape index (κ2) is 8.30. The number of carbonyl (C=O) groups is 2. The Balaban J connectivity index is 2.29. The van der Waals surface area contributed by atoms with Crippen molar-refractivity contribution in [2.45, 2.75) is 37.8 Å². The van der Waals surface area contributed by atoms with Crippen molar-refractivity contribution in [3.05, 3.63) is 50.8 Å². The number of H-pyrrole nitrogens is 1. The van der Waals surface area contributed by atoms with E-state index in [0.717, 1.165) is 0 Å². The van der Waals surface area contributed by atoms with E-state index in [2.05, 4.69) is 4.98 Å². The van der Waals surface area contributed by atoms with Gasteiger partial charge >= 0.3 is 5.97 Å². The molecular weight excluding hydrogens is 381 g/mol. The van der Waals surface area contributed by atoms with E-state index in [4.69, 9.17) is 27.9 Å². The Morgan fingerprint density at radius 1 is 1.24 bits per heavy atom. The number of benzene rings is 1. The van der Waals surface area contributed by atoms with E-state index >= 15 is 0 Å². The summed E-state index contributed by atoms with van der Waals surface area (Å²) in [5.41, 5.74) is 2.04. The maximum absolute atomic E-state index is 12.8. The van der Waals surface area contributed by atoms with E-state index in [-0.39, 0.29) is 12.4 Å². The summed E-state index contributed by atoms with van der Waals surface area (Å²) in [6.45, 7) is 7.30. The van der Waals surface area contributed by atoms with Gasteiger partial charge in [-0.05, 0) is 45.4 Å². The molecule has 0 radical (unpaired) electrons. The van der Waals surface area contributed by atoms with E-state index in [0.29, 0.717) is 37.5 Å². The van der Waals surface area contributed by atoms with Gasteiger partial charge in [0.1, 0.15) is 0 Å². The van der Waals surface area contributed by atoms with E-state index in [1.54, 1.807) is 45.9 Å². The molecule has 0 aliphatic heterocycles. The van der Waals surface area contributed by atoms with Crippen LogP contribution in [0.15, 0.2) is 23.1 Å². The van der Waals surface area contributed by atoms with E-state index in [9.17, 15) is 9.59 Å². The highest BCUT2D eigenvalue weighted by Crippen LogP contribution is 2.37. The summed E-state index contributed by atoms with van der Waals surface area (Å²) in [6, 6.07) is 5.22. The number of esters is 1. The predicted molar refractivity (Wildman–Crippen MR) is 102 cm³/mol. The first-order chi connectivity index (χ1) is 11.8. The number of halogens is 2. The molecule has 0 bridgehead atoms. The molecule has 1 atom stereocenters. The molecule has 1 aromatic heterocycles. The minimum atomic E-state index is -0.428. The van der Waals surface area contributed by atoms with Gasteiger partial charge in [-0.25, -0.2) is 4.79 Å². The van der Waals surface area contributed by atoms with Crippen LogP contribution in [0.4, 0.5) is 0 Å². The van der Waals surface area contributed by atoms with Gasteiger partial charge in [0.15, 0.2) is 5.78 Å². The zero-order valence-corrected chi connectivity index (χ0v) is 16.7. The molecule has 0 unspecified atom stereocenters. The van der Waals surface area contributed by atoms with Crippen LogP contribution in [0.2, 0.25) is 10.0 Å². The predicted octanol–water partition coefficient (Wildman–Crippen LogP) is 5.48. The van der Waals surface area contributed by atoms with Crippen LogP contribution in [0.5, 0.6) is 0 Å². The number of thioether (sulfide) groups is 1. The average molecular weight is 400 g/mol. The van der Waals surface area contributed by atoms with Gasteiger partial charge < -0.3 is 9.72 Å². The fourth-order valence-electron chi connectivity index (χ4n) is 2.53. The van der Waals surface area contributed by atoms with E-state index in [1.807, 2.05) is 0 Å². The van der Waals surface area contributed by atoms with Crippen LogP contribution in [-0.4, -0.2) is 28.6 Å². The van der Waals surface area contributed by atoms with Gasteiger partial charge in [-0.2, -0.15) is 0 Å². The van der Waals surface area contributed by atoms with Gasteiger partial charge in [-0.15, -0.1) is 11.8 Å². The van der Waals surface area contributed by atoms with Crippen LogP contribution in [-0.2, 0) is 4.74 Å². The number of ketones is 1. The van der Waals surface area contributed by atoms with Gasteiger partial charge in [-0.1, -0.05) is 29.3 Å². The molecule has 1 heterocycles. The summed E-state index contributed by atoms with van der Waals surface area (Å²) in [4.78, 5) is 28.6. The molecule has 0 aliphatic rings. The molecule has 1 N–H and O–H groups in total. The number of rotatable bonds is 6. The lowest BCUT2D eigenvalue weighted by Gasteiger charge is -2.12. The lowest BCUT2D eigenvalue weighted by atomic mass is 10.1. The first-order valence-electron chi connectivity index (χ1n) is 7.79. The summed E-state index contributed by atoms with van der Waals surface area (Å²) in [6.07, 6.45) is 0. The summed E-state index contributed by atoms with van der Waals surface area (Å²) in [7, 11) is 0. The third kappa shape index (κ3) is 4.22. The number of ether oxygens (including phenoxy) is 1. The molecule has 0 amide bonds. The second-order valence-corrected chi connectivity index (χ2v) is 7.69. The van der Waals surface area contributed by atoms with E-state index < -0.39 is 11.2 Å². The van der Waals surface area contributed by atoms with Crippen molar-refractivity contribution >= 4 is 46.7 Å². The highest BCUT2D eigenvalue weighted by atomic mass is 35.5. The molecular formula is C18H19Cl2NO3S. The minimum Gasteiger partial charge on any atom is -0.462 e. The first kappa shape index (κ1) is 19.9. The zero-order valence-electron chi connectivity index (χ0n) is 14.4. The average Bonchev–Trinajstić information content (AvgIpc) is 2.85. The van der Waals surface area contributed by atoms with Gasteiger partial charge in [-0.3, -0.25) is 4.79 Å². The molecule has 0 aliphatic carbocycles. The van der Waals surface area contributed by atoms with Crippen LogP contribution in [0.25, 0.3) is 0 Å². The fraction of sp³-hybridized carbons (Fsp3) is 0.333. The molecule has 0 saturated carbocycles. The second-order valence-electron chi connectivity index (χ2n) is 5.52. The number of hydrogen-bond acceptors (Lipinski definition) is 4. The van der Waals surface area contributed by atoms with Crippen LogP contribution in [0.1, 0.15) is 46.0 Å². The molecule has 7 heteroatoms. The number of Topliss-reactive ketones (excluding diaryl/α,β-unsaturated/α-hetero) is 1. The third-order valence-corrected chi connectivity index (χ3v) is 5.84. The summed E-state index contributed by atoms with van der Waals surface area (Å²) >= 11 is 13.6. The van der Waals surface area contributed by atoms with Crippen LogP contribution < -0.4 is 0 Å². The Hall–Kier alpha value is -1.43. The van der Waals surface area contributed by atoms with Gasteiger partial charge in [0.2, 0.25) is 0 Å². The van der Waals surface area contributed by atoms with Crippen molar-refractivity contribution < 1.29 is 14.3 Å². The van der Waals surface area contributed by atoms with Crippen molar-refractivity contribution in [2.24, 2.45) is 0 Å². The summed E-state index contributed by atoms with van der Waals surface area (Å²) in [5.74, 6) is -0.556. The maximum atomic E-state index is 12.8. The fourth-order valence-corrected chi connectivity index (χ4v) is 4.14. The Bertz CT molecular complexity index is 797. The molecule has 25 heavy (non-hydrogen) atoms. The van der Waals surface area contributed by atoms with Crippen molar-refractivity contribution in [1.82, 2.24) is 4.98 Å². The molecule has 4 nitrogen and oxygen atoms in total. The van der Waals surface area contributed by atoms with Crippen molar-refractivity contribution in [1.29, 1.82) is 0 Å². The molecule has 0 fully saturated rings. The quantitative estimate of drug-likeness (QED) is 0.396. The number of nitrogens with one attached hydrogen (secondary N) is 1. The lowest BCUT2D eigenvalue weighted by molar-refractivity contribution is 0.0525. The summed E-state index contributed by atoms with van der Waals surface area (Å²) in [5, 5.41) is 0.580. The van der Waals surface area contributed by atoms with Crippen molar-refractivity contribution in [3.63, 3.8) is 0 Å². The SMILES string of the molecule is CCOC(=O)c1c(C)[nH]c(C(=O)[C@@H](C)Sc2c(Cl)cccc2Cl)c1C. The van der Waals surface area contributed by atoms with Crippen LogP contribution in [0, 0.1) is 13.8 Å². The highest BCUT2D eigenvalue weighted by molar-refractivity contribution is 8.00. The number of aryl methyl sites for hydroxylation is 1. The number of aromatic nitrogens is 1. The Morgan fingerprint density at radius 2 is 1.84 bits per heavy atom. The Labute approximate surface area is 161 Å². The molecule has 2 rings (SSSR count). The topological polar surface area (TPSA) is 59.2 Å². The van der Waals surface area contributed by atoms with Gasteiger partial charge in [0, 0.05) is 10.6 Å². The maximum Gasteiger partial charge on any atom is 0.340 e. The van der Waals surface area contributed by atoms with Crippen LogP contribution in [0.3, 0.4) is 0 Å². The molecule has 134 valence electrons. The normalized spacial score (nSPS) is 12.1. The Morgan fingerprint density at radius 3 is 2.40 bits per heavy atom. The van der Waals surface area contributed by atoms with Gasteiger partial charge in [0.05, 0.1) is 33.2 Å². The standard InChI is InChI=1S/C18H19Cl2NO3S/c1-5-24-18(23)14-9(2)15(21-10(14)3)16(22)11(4)25-17-12(19)7-6-8-13(17)20/h6-8,11,21H,5H2,1-4H3/t11-/m1/s1. The van der Waals surface area contributed by atoms with Crippen molar-refractivity contribution in [2.75, 3.05) is 6.61 Å². The van der Waals surface area contributed by atoms with Gasteiger partial charge in [0.25, 0.3) is 0 Å².